The number of nitrogens with zero attached hydrogens (tertiary/aromatic N) is 3. The predicted octanol–water partition coefficient (Wildman–Crippen LogP) is 1.50. The van der Waals surface area contributed by atoms with Crippen LogP contribution in [-0.2, 0) is 20.9 Å². The third-order valence-electron chi connectivity index (χ3n) is 6.07. The van der Waals surface area contributed by atoms with Crippen LogP contribution in [0.5, 0.6) is 0 Å². The molecule has 5 rings (SSSR count). The number of rotatable bonds is 7. The molecule has 1 unspecified atom stereocenters. The molecule has 2 aromatic carbocycles. The minimum absolute atomic E-state index is 0.0316. The third kappa shape index (κ3) is 4.15. The molecule has 0 bridgehead atoms. The molecule has 1 saturated carbocycles. The van der Waals surface area contributed by atoms with Crippen LogP contribution in [0.3, 0.4) is 0 Å². The highest BCUT2D eigenvalue weighted by Crippen LogP contribution is 2.35. The van der Waals surface area contributed by atoms with Crippen LogP contribution in [0.4, 0.5) is 11.4 Å². The third-order valence-corrected chi connectivity index (χ3v) is 6.07. The van der Waals surface area contributed by atoms with Crippen LogP contribution in [-0.4, -0.2) is 40.0 Å². The SMILES string of the molecule is CC(=O)Nc1ccc(N2C(=O)CC(N(Cc3c(=O)o[nH][n+]3-c3ccccc3)C3CC3)C2=O)cc1. The van der Waals surface area contributed by atoms with Gasteiger partial charge in [-0.25, -0.2) is 9.69 Å². The molecule has 10 nitrogen and oxygen atoms in total. The van der Waals surface area contributed by atoms with Gasteiger partial charge in [0, 0.05) is 30.8 Å². The molecule has 2 heterocycles. The topological polar surface area (TPSA) is 120 Å². The normalized spacial score (nSPS) is 18.1. The van der Waals surface area contributed by atoms with E-state index in [0.717, 1.165) is 18.5 Å². The zero-order valence-corrected chi connectivity index (χ0v) is 18.6. The molecular formula is C24H24N5O5+. The second-order valence-electron chi connectivity index (χ2n) is 8.52. The van der Waals surface area contributed by atoms with Crippen molar-refractivity contribution in [2.75, 3.05) is 10.2 Å². The second-order valence-corrected chi connectivity index (χ2v) is 8.52. The first-order chi connectivity index (χ1) is 16.4. The summed E-state index contributed by atoms with van der Waals surface area (Å²) in [6.07, 6.45) is 1.82. The zero-order valence-electron chi connectivity index (χ0n) is 18.6. The first-order valence-corrected chi connectivity index (χ1v) is 11.1. The Morgan fingerprint density at radius 3 is 2.47 bits per heavy atom. The minimum Gasteiger partial charge on any atom is -0.326 e. The molecule has 1 atom stereocenters. The summed E-state index contributed by atoms with van der Waals surface area (Å²) in [5, 5.41) is 5.29. The van der Waals surface area contributed by atoms with Crippen LogP contribution in [0.2, 0.25) is 0 Å². The summed E-state index contributed by atoms with van der Waals surface area (Å²) < 4.78 is 6.62. The monoisotopic (exact) mass is 462 g/mol. The lowest BCUT2D eigenvalue weighted by Gasteiger charge is -2.25. The fourth-order valence-electron chi connectivity index (χ4n) is 4.33. The molecule has 3 aromatic rings. The van der Waals surface area contributed by atoms with Crippen LogP contribution in [0, 0.1) is 0 Å². The first-order valence-electron chi connectivity index (χ1n) is 11.1. The summed E-state index contributed by atoms with van der Waals surface area (Å²) in [6.45, 7) is 1.58. The highest BCUT2D eigenvalue weighted by molar-refractivity contribution is 6.22. The van der Waals surface area contributed by atoms with E-state index in [-0.39, 0.29) is 36.7 Å². The maximum absolute atomic E-state index is 13.4. The number of benzene rings is 2. The van der Waals surface area contributed by atoms with Gasteiger partial charge in [-0.15, -0.1) is 0 Å². The standard InChI is InChI=1S/C24H23N5O5/c1-15(30)25-16-7-9-18(10-8-16)28-22(31)13-20(23(28)32)27(17-11-12-17)14-21-24(33)34-26-29(21)19-5-3-2-4-6-19/h2-10,17,20H,11-14H2,1H3,(H-,25,26,30,33)/p+1. The van der Waals surface area contributed by atoms with E-state index in [1.54, 1.807) is 28.9 Å². The van der Waals surface area contributed by atoms with Crippen LogP contribution in [0.15, 0.2) is 63.9 Å². The average Bonchev–Trinajstić information content (AvgIpc) is 3.54. The lowest BCUT2D eigenvalue weighted by molar-refractivity contribution is -0.678. The van der Waals surface area contributed by atoms with E-state index in [4.69, 9.17) is 4.52 Å². The molecule has 3 amide bonds. The van der Waals surface area contributed by atoms with Gasteiger partial charge in [-0.05, 0) is 47.1 Å². The average molecular weight is 462 g/mol. The van der Waals surface area contributed by atoms with Crippen molar-refractivity contribution in [3.8, 4) is 5.69 Å². The first kappa shape index (κ1) is 21.8. The van der Waals surface area contributed by atoms with Crippen molar-refractivity contribution in [1.29, 1.82) is 0 Å². The van der Waals surface area contributed by atoms with E-state index in [1.807, 2.05) is 35.2 Å². The molecule has 2 N–H and O–H groups in total. The number of nitrogens with one attached hydrogen (secondary N) is 2. The number of carbonyl (C=O) groups is 3. The predicted molar refractivity (Wildman–Crippen MR) is 121 cm³/mol. The number of carbonyl (C=O) groups excluding carboxylic acids is 3. The Morgan fingerprint density at radius 1 is 1.12 bits per heavy atom. The molecule has 10 heteroatoms. The molecule has 1 aliphatic carbocycles. The van der Waals surface area contributed by atoms with Gasteiger partial charge in [-0.3, -0.25) is 23.8 Å². The molecule has 1 aliphatic heterocycles. The van der Waals surface area contributed by atoms with Gasteiger partial charge in [0.1, 0.15) is 0 Å². The van der Waals surface area contributed by atoms with E-state index < -0.39 is 11.7 Å². The number of anilines is 2. The highest BCUT2D eigenvalue weighted by Gasteiger charge is 2.48. The Bertz CT molecular complexity index is 1290. The minimum atomic E-state index is -0.673. The Hall–Kier alpha value is -4.05. The second kappa shape index (κ2) is 8.71. The Labute approximate surface area is 194 Å². The smallest absolute Gasteiger partial charge is 0.326 e. The quantitative estimate of drug-likeness (QED) is 0.406. The van der Waals surface area contributed by atoms with Crippen molar-refractivity contribution >= 4 is 29.1 Å². The summed E-state index contributed by atoms with van der Waals surface area (Å²) in [5.74, 6) is -0.830. The number of imide groups is 1. The van der Waals surface area contributed by atoms with E-state index in [1.165, 1.54) is 11.8 Å². The van der Waals surface area contributed by atoms with Crippen molar-refractivity contribution < 1.29 is 23.6 Å². The fraction of sp³-hybridized carbons (Fsp3) is 0.292. The molecule has 1 aromatic heterocycles. The molecule has 2 fully saturated rings. The number of aromatic amines is 1. The summed E-state index contributed by atoms with van der Waals surface area (Å²) in [5.41, 5.74) is 1.60. The molecule has 1 saturated heterocycles. The van der Waals surface area contributed by atoms with Crippen LogP contribution in [0.1, 0.15) is 31.9 Å². The Kier molecular flexibility index (Phi) is 5.58. The summed E-state index contributed by atoms with van der Waals surface area (Å²) in [7, 11) is 0. The van der Waals surface area contributed by atoms with Crippen LogP contribution < -0.4 is 20.5 Å². The van der Waals surface area contributed by atoms with Crippen LogP contribution in [0.25, 0.3) is 5.69 Å². The number of hydrogen-bond donors (Lipinski definition) is 2. The van der Waals surface area contributed by atoms with Gasteiger partial charge < -0.3 is 5.32 Å². The number of aromatic nitrogens is 2. The van der Waals surface area contributed by atoms with Gasteiger partial charge in [0.15, 0.2) is 0 Å². The summed E-state index contributed by atoms with van der Waals surface area (Å²) in [4.78, 5) is 53.2. The van der Waals surface area contributed by atoms with Gasteiger partial charge in [-0.1, -0.05) is 18.2 Å². The number of H-pyrrole nitrogens is 1. The van der Waals surface area contributed by atoms with E-state index in [2.05, 4.69) is 10.6 Å². The lowest BCUT2D eigenvalue weighted by Crippen LogP contribution is -2.47. The molecule has 0 spiro atoms. The molecule has 0 radical (unpaired) electrons. The summed E-state index contributed by atoms with van der Waals surface area (Å²) >= 11 is 0. The summed E-state index contributed by atoms with van der Waals surface area (Å²) in [6, 6.07) is 15.3. The van der Waals surface area contributed by atoms with E-state index >= 15 is 0 Å². The van der Waals surface area contributed by atoms with Gasteiger partial charge in [0.25, 0.3) is 5.91 Å². The molecule has 2 aliphatic rings. The fourth-order valence-corrected chi connectivity index (χ4v) is 4.33. The van der Waals surface area contributed by atoms with E-state index in [9.17, 15) is 19.2 Å². The van der Waals surface area contributed by atoms with E-state index in [0.29, 0.717) is 17.1 Å². The van der Waals surface area contributed by atoms with Gasteiger partial charge in [0.2, 0.25) is 17.5 Å². The number of hydrogen-bond acceptors (Lipinski definition) is 6. The lowest BCUT2D eigenvalue weighted by atomic mass is 10.2. The van der Waals surface area contributed by atoms with Crippen molar-refractivity contribution in [3.63, 3.8) is 0 Å². The molecule has 34 heavy (non-hydrogen) atoms. The Balaban J connectivity index is 1.40. The van der Waals surface area contributed by atoms with Gasteiger partial charge >= 0.3 is 11.3 Å². The maximum Gasteiger partial charge on any atom is 0.431 e. The van der Waals surface area contributed by atoms with Crippen molar-refractivity contribution in [2.45, 2.75) is 44.8 Å². The number of para-hydroxylation sites is 1. The van der Waals surface area contributed by atoms with Gasteiger partial charge in [0.05, 0.1) is 24.7 Å². The molecular weight excluding hydrogens is 438 g/mol. The van der Waals surface area contributed by atoms with Gasteiger partial charge in [-0.2, -0.15) is 0 Å². The van der Waals surface area contributed by atoms with Crippen molar-refractivity contribution in [1.82, 2.24) is 10.2 Å². The largest absolute Gasteiger partial charge is 0.431 e. The highest BCUT2D eigenvalue weighted by atomic mass is 16.5. The number of amides is 3. The zero-order chi connectivity index (χ0) is 23.8. The maximum atomic E-state index is 13.4. The van der Waals surface area contributed by atoms with Crippen molar-refractivity contribution in [2.24, 2.45) is 0 Å². The Morgan fingerprint density at radius 2 is 1.82 bits per heavy atom. The van der Waals surface area contributed by atoms with Crippen LogP contribution >= 0.6 is 0 Å². The molecule has 174 valence electrons. The van der Waals surface area contributed by atoms with Crippen molar-refractivity contribution in [3.05, 3.63) is 70.7 Å².